The van der Waals surface area contributed by atoms with Gasteiger partial charge in [0.1, 0.15) is 6.04 Å². The minimum absolute atomic E-state index is 0.0133. The smallest absolute Gasteiger partial charge is 0.326 e. The van der Waals surface area contributed by atoms with Gasteiger partial charge in [-0.05, 0) is 24.5 Å². The van der Waals surface area contributed by atoms with E-state index in [4.69, 9.17) is 10.2 Å². The molecule has 0 aromatic heterocycles. The summed E-state index contributed by atoms with van der Waals surface area (Å²) in [6, 6.07) is 6.26. The average molecular weight is 280 g/mol. The van der Waals surface area contributed by atoms with Crippen molar-refractivity contribution in [2.24, 2.45) is 0 Å². The molecule has 0 aliphatic carbocycles. The molecule has 20 heavy (non-hydrogen) atoms. The third-order valence-electron chi connectivity index (χ3n) is 2.96. The van der Waals surface area contributed by atoms with Gasteiger partial charge in [0, 0.05) is 19.6 Å². The van der Waals surface area contributed by atoms with Gasteiger partial charge < -0.3 is 20.8 Å². The van der Waals surface area contributed by atoms with Gasteiger partial charge in [0.05, 0.1) is 0 Å². The Bertz CT molecular complexity index is 462. The fourth-order valence-electron chi connectivity index (χ4n) is 1.80. The number of hydrogen-bond acceptors (Lipinski definition) is 3. The second kappa shape index (κ2) is 8.16. The van der Waals surface area contributed by atoms with Gasteiger partial charge >= 0.3 is 12.0 Å². The van der Waals surface area contributed by atoms with E-state index in [9.17, 15) is 9.59 Å². The van der Waals surface area contributed by atoms with Crippen molar-refractivity contribution in [1.29, 1.82) is 0 Å². The van der Waals surface area contributed by atoms with Crippen LogP contribution >= 0.6 is 0 Å². The van der Waals surface area contributed by atoms with Crippen molar-refractivity contribution in [3.63, 3.8) is 0 Å². The van der Waals surface area contributed by atoms with Crippen LogP contribution in [0.2, 0.25) is 0 Å². The number of amides is 2. The second-order valence-electron chi connectivity index (χ2n) is 4.48. The number of urea groups is 1. The molecule has 0 saturated heterocycles. The number of aliphatic hydroxyl groups is 1. The Kier molecular flexibility index (Phi) is 6.52. The van der Waals surface area contributed by atoms with Crippen LogP contribution in [0.4, 0.5) is 4.79 Å². The van der Waals surface area contributed by atoms with E-state index in [2.05, 4.69) is 10.6 Å². The first kappa shape index (κ1) is 16.0. The fourth-order valence-corrected chi connectivity index (χ4v) is 1.80. The molecule has 1 aromatic carbocycles. The first-order chi connectivity index (χ1) is 9.54. The maximum atomic E-state index is 11.5. The van der Waals surface area contributed by atoms with Crippen molar-refractivity contribution in [1.82, 2.24) is 10.6 Å². The summed E-state index contributed by atoms with van der Waals surface area (Å²) in [5, 5.41) is 22.5. The number of hydrogen-bond donors (Lipinski definition) is 4. The molecule has 0 aliphatic rings. The first-order valence-corrected chi connectivity index (χ1v) is 6.47. The molecule has 0 aliphatic heterocycles. The summed E-state index contributed by atoms with van der Waals surface area (Å²) >= 11 is 0. The van der Waals surface area contributed by atoms with Crippen molar-refractivity contribution in [2.75, 3.05) is 13.2 Å². The number of carbonyl (C=O) groups excluding carboxylic acids is 1. The first-order valence-electron chi connectivity index (χ1n) is 6.47. The molecule has 2 amide bonds. The van der Waals surface area contributed by atoms with Crippen molar-refractivity contribution in [3.8, 4) is 0 Å². The van der Waals surface area contributed by atoms with Gasteiger partial charge in [-0.15, -0.1) is 0 Å². The molecular formula is C14H20N2O4. The van der Waals surface area contributed by atoms with Crippen LogP contribution in [0.5, 0.6) is 0 Å². The molecule has 6 nitrogen and oxygen atoms in total. The molecule has 6 heteroatoms. The van der Waals surface area contributed by atoms with E-state index in [1.54, 1.807) is 0 Å². The van der Waals surface area contributed by atoms with E-state index in [1.165, 1.54) is 0 Å². The molecule has 1 aromatic rings. The summed E-state index contributed by atoms with van der Waals surface area (Å²) in [6.07, 6.45) is 0.665. The van der Waals surface area contributed by atoms with Crippen LogP contribution in [0.3, 0.4) is 0 Å². The van der Waals surface area contributed by atoms with Crippen LogP contribution < -0.4 is 10.6 Å². The third-order valence-corrected chi connectivity index (χ3v) is 2.96. The van der Waals surface area contributed by atoms with E-state index < -0.39 is 18.0 Å². The number of aliphatic hydroxyl groups excluding tert-OH is 1. The van der Waals surface area contributed by atoms with E-state index in [-0.39, 0.29) is 13.0 Å². The number of nitrogens with one attached hydrogen (secondary N) is 2. The minimum atomic E-state index is -1.16. The molecule has 1 unspecified atom stereocenters. The molecule has 0 radical (unpaired) electrons. The van der Waals surface area contributed by atoms with Crippen LogP contribution in [0, 0.1) is 6.92 Å². The SMILES string of the molecule is Cc1ccccc1CCNC(=O)NC(CCO)C(=O)O. The molecule has 0 saturated carbocycles. The van der Waals surface area contributed by atoms with E-state index >= 15 is 0 Å². The predicted octanol–water partition coefficient (Wildman–Crippen LogP) is 0.672. The molecule has 0 bridgehead atoms. The molecule has 1 atom stereocenters. The van der Waals surface area contributed by atoms with Gasteiger partial charge in [0.25, 0.3) is 0 Å². The summed E-state index contributed by atoms with van der Waals surface area (Å²) in [5.41, 5.74) is 2.29. The Morgan fingerprint density at radius 2 is 2.00 bits per heavy atom. The van der Waals surface area contributed by atoms with Gasteiger partial charge in [-0.1, -0.05) is 24.3 Å². The predicted molar refractivity (Wildman–Crippen MR) is 74.5 cm³/mol. The number of rotatable bonds is 7. The van der Waals surface area contributed by atoms with Gasteiger partial charge in [0.2, 0.25) is 0 Å². The number of carboxylic acid groups (broad SMARTS) is 1. The highest BCUT2D eigenvalue weighted by molar-refractivity contribution is 5.82. The summed E-state index contributed by atoms with van der Waals surface area (Å²) in [7, 11) is 0. The van der Waals surface area contributed by atoms with E-state index in [0.717, 1.165) is 11.1 Å². The monoisotopic (exact) mass is 280 g/mol. The molecule has 0 spiro atoms. The van der Waals surface area contributed by atoms with Crippen molar-refractivity contribution >= 4 is 12.0 Å². The van der Waals surface area contributed by atoms with Crippen LogP contribution in [-0.4, -0.2) is 41.4 Å². The lowest BCUT2D eigenvalue weighted by Crippen LogP contribution is -2.46. The fraction of sp³-hybridized carbons (Fsp3) is 0.429. The van der Waals surface area contributed by atoms with E-state index in [1.807, 2.05) is 31.2 Å². The Labute approximate surface area is 117 Å². The molecule has 1 rings (SSSR count). The number of carbonyl (C=O) groups is 2. The standard InChI is InChI=1S/C14H20N2O4/c1-10-4-2-3-5-11(10)6-8-15-14(20)16-12(7-9-17)13(18)19/h2-5,12,17H,6-9H2,1H3,(H,18,19)(H2,15,16,20). The largest absolute Gasteiger partial charge is 0.480 e. The highest BCUT2D eigenvalue weighted by Crippen LogP contribution is 2.06. The van der Waals surface area contributed by atoms with Crippen molar-refractivity contribution in [3.05, 3.63) is 35.4 Å². The van der Waals surface area contributed by atoms with Crippen LogP contribution in [-0.2, 0) is 11.2 Å². The Morgan fingerprint density at radius 1 is 1.30 bits per heavy atom. The topological polar surface area (TPSA) is 98.7 Å². The summed E-state index contributed by atoms with van der Waals surface area (Å²) < 4.78 is 0. The second-order valence-corrected chi connectivity index (χ2v) is 4.48. The van der Waals surface area contributed by atoms with Gasteiger partial charge in [-0.2, -0.15) is 0 Å². The minimum Gasteiger partial charge on any atom is -0.480 e. The molecule has 0 heterocycles. The third kappa shape index (κ3) is 5.27. The van der Waals surface area contributed by atoms with Crippen LogP contribution in [0.15, 0.2) is 24.3 Å². The lowest BCUT2D eigenvalue weighted by molar-refractivity contribution is -0.139. The summed E-state index contributed by atoms with van der Waals surface area (Å²) in [4.78, 5) is 22.4. The molecule has 0 fully saturated rings. The zero-order valence-corrected chi connectivity index (χ0v) is 11.4. The quantitative estimate of drug-likeness (QED) is 0.590. The summed E-state index contributed by atoms with van der Waals surface area (Å²) in [5.74, 6) is -1.16. The zero-order chi connectivity index (χ0) is 15.0. The molecular weight excluding hydrogens is 260 g/mol. The van der Waals surface area contributed by atoms with Crippen LogP contribution in [0.25, 0.3) is 0 Å². The Hall–Kier alpha value is -2.08. The van der Waals surface area contributed by atoms with Gasteiger partial charge in [0.15, 0.2) is 0 Å². The maximum absolute atomic E-state index is 11.5. The highest BCUT2D eigenvalue weighted by atomic mass is 16.4. The number of aliphatic carboxylic acids is 1. The average Bonchev–Trinajstić information content (AvgIpc) is 2.40. The number of aryl methyl sites for hydroxylation is 1. The molecule has 110 valence electrons. The highest BCUT2D eigenvalue weighted by Gasteiger charge is 2.18. The van der Waals surface area contributed by atoms with Gasteiger partial charge in [-0.3, -0.25) is 0 Å². The van der Waals surface area contributed by atoms with Crippen molar-refractivity contribution in [2.45, 2.75) is 25.8 Å². The van der Waals surface area contributed by atoms with Crippen molar-refractivity contribution < 1.29 is 19.8 Å². The van der Waals surface area contributed by atoms with E-state index in [0.29, 0.717) is 13.0 Å². The normalized spacial score (nSPS) is 11.7. The number of carboxylic acids is 1. The lowest BCUT2D eigenvalue weighted by atomic mass is 10.1. The molecule has 4 N–H and O–H groups in total. The maximum Gasteiger partial charge on any atom is 0.326 e. The number of benzene rings is 1. The summed E-state index contributed by atoms with van der Waals surface area (Å²) in [6.45, 7) is 2.12. The Balaban J connectivity index is 2.36. The zero-order valence-electron chi connectivity index (χ0n) is 11.4. The van der Waals surface area contributed by atoms with Crippen LogP contribution in [0.1, 0.15) is 17.5 Å². The lowest BCUT2D eigenvalue weighted by Gasteiger charge is -2.14. The Morgan fingerprint density at radius 3 is 2.60 bits per heavy atom. The van der Waals surface area contributed by atoms with Gasteiger partial charge in [-0.25, -0.2) is 9.59 Å².